The third-order valence-corrected chi connectivity index (χ3v) is 3.11. The van der Waals surface area contributed by atoms with Crippen LogP contribution in [-0.2, 0) is 46.7 Å². The van der Waals surface area contributed by atoms with Crippen LogP contribution in [0.1, 0.15) is 26.7 Å². The number of rotatable bonds is 2. The first-order valence-corrected chi connectivity index (χ1v) is 5.25. The summed E-state index contributed by atoms with van der Waals surface area (Å²) in [5, 5.41) is 0. The van der Waals surface area contributed by atoms with E-state index in [0.29, 0.717) is 5.92 Å². The van der Waals surface area contributed by atoms with Crippen molar-refractivity contribution in [3.8, 4) is 0 Å². The molecule has 4 atom stereocenters. The molecule has 2 aliphatic rings. The third-order valence-electron chi connectivity index (χ3n) is 3.11. The Morgan fingerprint density at radius 2 is 1.71 bits per heavy atom. The van der Waals surface area contributed by atoms with Crippen molar-refractivity contribution in [2.45, 2.75) is 38.9 Å². The van der Waals surface area contributed by atoms with E-state index in [1.807, 2.05) is 6.42 Å². The fourth-order valence-corrected chi connectivity index (χ4v) is 2.62. The first-order valence-electron chi connectivity index (χ1n) is 5.25. The fourth-order valence-electron chi connectivity index (χ4n) is 2.62. The first-order chi connectivity index (χ1) is 7.06. The third kappa shape index (κ3) is 4.09. The summed E-state index contributed by atoms with van der Waals surface area (Å²) >= 11 is 0. The number of hydrogen-bond donors (Lipinski definition) is 0. The number of esters is 2. The van der Waals surface area contributed by atoms with E-state index >= 15 is 0 Å². The zero-order valence-corrected chi connectivity index (χ0v) is 16.3. The summed E-state index contributed by atoms with van der Waals surface area (Å²) in [6, 6.07) is 0. The summed E-state index contributed by atoms with van der Waals surface area (Å²) in [6.07, 6.45) is 3.72. The number of hydrogen-bond acceptors (Lipinski definition) is 4. The molecule has 0 spiro atoms. The fraction of sp³-hybridized carbons (Fsp3) is 0.727. The quantitative estimate of drug-likeness (QED) is 0.367. The molecule has 2 bridgehead atoms. The van der Waals surface area contributed by atoms with Gasteiger partial charge in [-0.2, -0.15) is 0 Å². The topological polar surface area (TPSA) is 52.6 Å². The predicted molar refractivity (Wildman–Crippen MR) is 51.6 cm³/mol. The Hall–Kier alpha value is 0.165. The standard InChI is InChI=1S/C11H15O4.ClH.Hg/c1-6(12)14-10-4-9-3-8(10)5-11(9)15-7(2)13;;/h4,8-11H,3,5H2,1-2H3;1H;/q;;+1/p-1/t8-,9-,10+,11+;;/m0../s1. The molecule has 6 heteroatoms. The monoisotopic (exact) mass is 448 g/mol. The van der Waals surface area contributed by atoms with Crippen LogP contribution in [0.25, 0.3) is 0 Å². The average Bonchev–Trinajstić information content (AvgIpc) is 2.60. The summed E-state index contributed by atoms with van der Waals surface area (Å²) in [6.45, 7) is 2.85. The zero-order chi connectivity index (χ0) is 11.0. The minimum atomic E-state index is -0.243. The first kappa shape index (κ1) is 17.2. The zero-order valence-electron chi connectivity index (χ0n) is 10.0. The Balaban J connectivity index is 0.00000128. The maximum absolute atomic E-state index is 10.8. The van der Waals surface area contributed by atoms with Gasteiger partial charge in [0.15, 0.2) is 0 Å². The maximum atomic E-state index is 10.8. The Bertz CT molecular complexity index is 269. The molecule has 17 heavy (non-hydrogen) atoms. The van der Waals surface area contributed by atoms with E-state index in [0.717, 1.165) is 12.8 Å². The van der Waals surface area contributed by atoms with Gasteiger partial charge in [-0.05, 0) is 12.8 Å². The largest absolute Gasteiger partial charge is 1.00 e. The molecule has 0 aliphatic heterocycles. The summed E-state index contributed by atoms with van der Waals surface area (Å²) in [5.74, 6) is 0.129. The van der Waals surface area contributed by atoms with Crippen molar-refractivity contribution in [2.75, 3.05) is 0 Å². The summed E-state index contributed by atoms with van der Waals surface area (Å²) in [4.78, 5) is 21.6. The van der Waals surface area contributed by atoms with Crippen molar-refractivity contribution in [1.82, 2.24) is 0 Å². The molecule has 0 heterocycles. The van der Waals surface area contributed by atoms with Crippen LogP contribution in [0.4, 0.5) is 0 Å². The Kier molecular flexibility index (Phi) is 7.00. The SMILES string of the molecule is CC(=O)O[C@@H]1[CH][C@@H]2C[C@H]1C[C@H]2OC(C)=O.[Cl-].[Hg+]. The van der Waals surface area contributed by atoms with Gasteiger partial charge in [0.25, 0.3) is 0 Å². The minimum absolute atomic E-state index is 0. The van der Waals surface area contributed by atoms with E-state index in [9.17, 15) is 9.59 Å². The van der Waals surface area contributed by atoms with Gasteiger partial charge in [-0.3, -0.25) is 9.59 Å². The van der Waals surface area contributed by atoms with Gasteiger partial charge in [-0.15, -0.1) is 0 Å². The second-order valence-corrected chi connectivity index (χ2v) is 4.31. The summed E-state index contributed by atoms with van der Waals surface area (Å²) in [5.41, 5.74) is 0. The summed E-state index contributed by atoms with van der Waals surface area (Å²) < 4.78 is 10.4. The molecule has 92 valence electrons. The van der Waals surface area contributed by atoms with E-state index in [2.05, 4.69) is 0 Å². The molecule has 2 fully saturated rings. The minimum Gasteiger partial charge on any atom is -1.00 e. The van der Waals surface area contributed by atoms with Gasteiger partial charge < -0.3 is 21.9 Å². The molecule has 0 aromatic rings. The van der Waals surface area contributed by atoms with E-state index in [1.165, 1.54) is 13.8 Å². The normalized spacial score (nSPS) is 33.3. The van der Waals surface area contributed by atoms with Crippen LogP contribution in [0.2, 0.25) is 0 Å². The van der Waals surface area contributed by atoms with Crippen molar-refractivity contribution in [3.63, 3.8) is 0 Å². The van der Waals surface area contributed by atoms with Crippen molar-refractivity contribution in [1.29, 1.82) is 0 Å². The number of ether oxygens (including phenoxy) is 2. The van der Waals surface area contributed by atoms with Crippen molar-refractivity contribution >= 4 is 11.9 Å². The van der Waals surface area contributed by atoms with Crippen LogP contribution in [0.15, 0.2) is 0 Å². The van der Waals surface area contributed by atoms with Gasteiger partial charge in [-0.25, -0.2) is 0 Å². The number of carbonyl (C=O) groups is 2. The average molecular weight is 447 g/mol. The van der Waals surface area contributed by atoms with Crippen LogP contribution in [0, 0.1) is 18.3 Å². The molecule has 2 rings (SSSR count). The molecule has 2 aliphatic carbocycles. The molecule has 2 radical (unpaired) electrons. The molecular formula is C11H15ClHgO4. The van der Waals surface area contributed by atoms with Crippen molar-refractivity contribution < 1.29 is 59.1 Å². The second kappa shape index (κ2) is 6.93. The summed E-state index contributed by atoms with van der Waals surface area (Å²) in [7, 11) is 0. The van der Waals surface area contributed by atoms with Gasteiger partial charge in [0, 0.05) is 32.1 Å². The molecule has 0 N–H and O–H groups in total. The van der Waals surface area contributed by atoms with Gasteiger partial charge in [0.1, 0.15) is 12.2 Å². The van der Waals surface area contributed by atoms with Crippen molar-refractivity contribution in [3.05, 3.63) is 6.42 Å². The van der Waals surface area contributed by atoms with Gasteiger partial charge in [0.2, 0.25) is 0 Å². The van der Waals surface area contributed by atoms with Gasteiger partial charge in [-0.1, -0.05) is 0 Å². The molecule has 0 aromatic carbocycles. The van der Waals surface area contributed by atoms with Crippen LogP contribution in [0.5, 0.6) is 0 Å². The smallest absolute Gasteiger partial charge is 1.00 e. The molecule has 0 aromatic heterocycles. The molecule has 0 unspecified atom stereocenters. The van der Waals surface area contributed by atoms with Crippen LogP contribution in [0.3, 0.4) is 0 Å². The molecule has 4 nitrogen and oxygen atoms in total. The molecule has 0 saturated heterocycles. The van der Waals surface area contributed by atoms with E-state index in [-0.39, 0.29) is 70.1 Å². The van der Waals surface area contributed by atoms with Gasteiger partial charge in [0.05, 0.1) is 0 Å². The Morgan fingerprint density at radius 3 is 2.12 bits per heavy atom. The molecular weight excluding hydrogens is 432 g/mol. The van der Waals surface area contributed by atoms with Crippen molar-refractivity contribution in [2.24, 2.45) is 11.8 Å². The van der Waals surface area contributed by atoms with E-state index in [4.69, 9.17) is 9.47 Å². The van der Waals surface area contributed by atoms with Crippen LogP contribution >= 0.6 is 0 Å². The second-order valence-electron chi connectivity index (χ2n) is 4.31. The molecule has 0 amide bonds. The predicted octanol–water partition coefficient (Wildman–Crippen LogP) is -1.90. The number of carbonyl (C=O) groups excluding carboxylic acids is 2. The maximum Gasteiger partial charge on any atom is 1.00 e. The Labute approximate surface area is 128 Å². The van der Waals surface area contributed by atoms with E-state index < -0.39 is 0 Å². The number of fused-ring (bicyclic) bond motifs is 2. The van der Waals surface area contributed by atoms with Crippen LogP contribution in [-0.4, -0.2) is 24.1 Å². The van der Waals surface area contributed by atoms with Gasteiger partial charge >= 0.3 is 39.6 Å². The number of halogens is 1. The van der Waals surface area contributed by atoms with E-state index in [1.54, 1.807) is 0 Å². The van der Waals surface area contributed by atoms with Crippen LogP contribution < -0.4 is 12.4 Å². The molecule has 2 saturated carbocycles. The Morgan fingerprint density at radius 1 is 1.12 bits per heavy atom.